The fourth-order valence-corrected chi connectivity index (χ4v) is 3.37. The number of amides is 1. The van der Waals surface area contributed by atoms with E-state index in [4.69, 9.17) is 10.5 Å². The molecule has 8 heteroatoms. The minimum atomic E-state index is -0.418. The first-order valence-electron chi connectivity index (χ1n) is 7.81. The number of hydrogen-bond donors (Lipinski definition) is 1. The lowest BCUT2D eigenvalue weighted by atomic mass is 10.2. The van der Waals surface area contributed by atoms with Gasteiger partial charge in [-0.05, 0) is 44.0 Å². The Labute approximate surface area is 143 Å². The Balaban J connectivity index is 1.93. The highest BCUT2D eigenvalue weighted by Gasteiger charge is 2.23. The van der Waals surface area contributed by atoms with E-state index in [0.29, 0.717) is 17.5 Å². The Hall–Kier alpha value is -1.93. The van der Waals surface area contributed by atoms with Crippen molar-refractivity contribution in [2.75, 3.05) is 6.61 Å². The summed E-state index contributed by atoms with van der Waals surface area (Å²) < 4.78 is 20.8. The highest BCUT2D eigenvalue weighted by Crippen LogP contribution is 2.28. The van der Waals surface area contributed by atoms with Crippen molar-refractivity contribution in [3.63, 3.8) is 0 Å². The maximum absolute atomic E-state index is 13.2. The zero-order valence-electron chi connectivity index (χ0n) is 13.3. The molecule has 24 heavy (non-hydrogen) atoms. The van der Waals surface area contributed by atoms with Crippen molar-refractivity contribution in [1.29, 1.82) is 0 Å². The molecule has 0 unspecified atom stereocenters. The number of carbonyl (C=O) groups excluding carboxylic acids is 1. The van der Waals surface area contributed by atoms with Gasteiger partial charge >= 0.3 is 0 Å². The smallest absolute Gasteiger partial charge is 0.230 e. The first-order valence-corrected chi connectivity index (χ1v) is 8.69. The van der Waals surface area contributed by atoms with Crippen LogP contribution in [0.25, 0.3) is 11.4 Å². The van der Waals surface area contributed by atoms with Gasteiger partial charge in [0.05, 0.1) is 17.9 Å². The summed E-state index contributed by atoms with van der Waals surface area (Å²) in [6.07, 6.45) is 2.08. The summed E-state index contributed by atoms with van der Waals surface area (Å²) in [6, 6.07) is 6.10. The molecule has 0 bridgehead atoms. The van der Waals surface area contributed by atoms with Crippen LogP contribution in [0.1, 0.15) is 19.8 Å². The molecule has 6 nitrogen and oxygen atoms in total. The number of nitrogens with zero attached hydrogens (tertiary/aromatic N) is 3. The van der Waals surface area contributed by atoms with Crippen LogP contribution in [0.2, 0.25) is 0 Å². The van der Waals surface area contributed by atoms with Crippen LogP contribution in [0.5, 0.6) is 0 Å². The molecule has 1 saturated heterocycles. The van der Waals surface area contributed by atoms with Crippen LogP contribution in [0.4, 0.5) is 4.39 Å². The number of hydrogen-bond acceptors (Lipinski definition) is 5. The summed E-state index contributed by atoms with van der Waals surface area (Å²) >= 11 is 1.27. The van der Waals surface area contributed by atoms with Gasteiger partial charge in [0, 0.05) is 12.2 Å². The quantitative estimate of drug-likeness (QED) is 0.808. The summed E-state index contributed by atoms with van der Waals surface area (Å²) in [4.78, 5) is 11.4. The Morgan fingerprint density at radius 1 is 1.46 bits per heavy atom. The normalized spacial score (nSPS) is 18.7. The van der Waals surface area contributed by atoms with Gasteiger partial charge in [0.15, 0.2) is 11.0 Å². The lowest BCUT2D eigenvalue weighted by Crippen LogP contribution is -2.23. The molecule has 128 valence electrons. The number of aromatic nitrogens is 3. The summed E-state index contributed by atoms with van der Waals surface area (Å²) in [6.45, 7) is 3.07. The zero-order chi connectivity index (χ0) is 17.1. The van der Waals surface area contributed by atoms with Crippen LogP contribution >= 0.6 is 11.8 Å². The molecular weight excluding hydrogens is 331 g/mol. The molecule has 1 aromatic carbocycles. The maximum Gasteiger partial charge on any atom is 0.230 e. The van der Waals surface area contributed by atoms with Gasteiger partial charge in [-0.25, -0.2) is 4.39 Å². The van der Waals surface area contributed by atoms with Crippen LogP contribution in [-0.2, 0) is 16.1 Å². The number of halogens is 1. The average molecular weight is 350 g/mol. The molecule has 0 aliphatic carbocycles. The molecule has 2 aromatic rings. The van der Waals surface area contributed by atoms with Crippen molar-refractivity contribution in [2.24, 2.45) is 5.73 Å². The molecule has 2 heterocycles. The van der Waals surface area contributed by atoms with Gasteiger partial charge in [0.2, 0.25) is 5.91 Å². The lowest BCUT2D eigenvalue weighted by Gasteiger charge is -2.15. The summed E-state index contributed by atoms with van der Waals surface area (Å²) in [5.41, 5.74) is 6.11. The van der Waals surface area contributed by atoms with E-state index in [1.54, 1.807) is 19.1 Å². The third kappa shape index (κ3) is 3.76. The van der Waals surface area contributed by atoms with E-state index in [1.165, 1.54) is 23.9 Å². The number of nitrogens with two attached hydrogens (primary N) is 1. The second kappa shape index (κ2) is 7.31. The molecule has 1 aliphatic rings. The van der Waals surface area contributed by atoms with Gasteiger partial charge in [0.1, 0.15) is 5.82 Å². The third-order valence-electron chi connectivity index (χ3n) is 3.91. The van der Waals surface area contributed by atoms with E-state index >= 15 is 0 Å². The van der Waals surface area contributed by atoms with Crippen LogP contribution in [0.3, 0.4) is 0 Å². The van der Waals surface area contributed by atoms with E-state index in [1.807, 2.05) is 4.57 Å². The van der Waals surface area contributed by atoms with Crippen molar-refractivity contribution in [2.45, 2.75) is 42.8 Å². The molecule has 2 atom stereocenters. The Kier molecular flexibility index (Phi) is 5.15. The highest BCUT2D eigenvalue weighted by atomic mass is 32.2. The molecule has 0 radical (unpaired) electrons. The minimum Gasteiger partial charge on any atom is -0.376 e. The lowest BCUT2D eigenvalue weighted by molar-refractivity contribution is -0.117. The zero-order valence-corrected chi connectivity index (χ0v) is 14.1. The second-order valence-corrected chi connectivity index (χ2v) is 7.03. The molecule has 1 aromatic heterocycles. The number of benzene rings is 1. The molecule has 1 amide bonds. The highest BCUT2D eigenvalue weighted by molar-refractivity contribution is 8.00. The molecule has 1 aliphatic heterocycles. The molecule has 0 saturated carbocycles. The Bertz CT molecular complexity index is 713. The van der Waals surface area contributed by atoms with Crippen LogP contribution < -0.4 is 5.73 Å². The molecule has 0 spiro atoms. The minimum absolute atomic E-state index is 0.0865. The van der Waals surface area contributed by atoms with Gasteiger partial charge in [-0.1, -0.05) is 11.8 Å². The van der Waals surface area contributed by atoms with Crippen molar-refractivity contribution >= 4 is 17.7 Å². The van der Waals surface area contributed by atoms with Crippen molar-refractivity contribution in [1.82, 2.24) is 14.8 Å². The van der Waals surface area contributed by atoms with Gasteiger partial charge < -0.3 is 10.5 Å². The SMILES string of the molecule is C[C@H](Sc1nnc(-c2ccc(F)cc2)n1C[C@@H]1CCCO1)C(N)=O. The van der Waals surface area contributed by atoms with E-state index in [9.17, 15) is 9.18 Å². The van der Waals surface area contributed by atoms with Crippen LogP contribution in [0.15, 0.2) is 29.4 Å². The third-order valence-corrected chi connectivity index (χ3v) is 5.01. The number of rotatable bonds is 6. The number of carbonyl (C=O) groups is 1. The topological polar surface area (TPSA) is 83.0 Å². The Morgan fingerprint density at radius 3 is 2.83 bits per heavy atom. The number of thioether (sulfide) groups is 1. The van der Waals surface area contributed by atoms with E-state index in [2.05, 4.69) is 10.2 Å². The standard InChI is InChI=1S/C16H19FN4O2S/c1-10(14(18)22)24-16-20-19-15(11-4-6-12(17)7-5-11)21(16)9-13-3-2-8-23-13/h4-7,10,13H,2-3,8-9H2,1H3,(H2,18,22)/t10-,13-/m0/s1. The van der Waals surface area contributed by atoms with Crippen LogP contribution in [-0.4, -0.2) is 38.6 Å². The number of primary amides is 1. The molecule has 1 fully saturated rings. The predicted molar refractivity (Wildman–Crippen MR) is 88.9 cm³/mol. The molecule has 3 rings (SSSR count). The van der Waals surface area contributed by atoms with Crippen LogP contribution in [0, 0.1) is 5.82 Å². The van der Waals surface area contributed by atoms with Gasteiger partial charge in [-0.3, -0.25) is 9.36 Å². The summed E-state index contributed by atoms with van der Waals surface area (Å²) in [5, 5.41) is 8.62. The van der Waals surface area contributed by atoms with Gasteiger partial charge in [-0.2, -0.15) is 0 Å². The van der Waals surface area contributed by atoms with Gasteiger partial charge in [-0.15, -0.1) is 10.2 Å². The average Bonchev–Trinajstić information content (AvgIpc) is 3.19. The summed E-state index contributed by atoms with van der Waals surface area (Å²) in [5.74, 6) is -0.0828. The second-order valence-electron chi connectivity index (χ2n) is 5.72. The van der Waals surface area contributed by atoms with E-state index in [0.717, 1.165) is 25.0 Å². The molecule has 2 N–H and O–H groups in total. The largest absolute Gasteiger partial charge is 0.376 e. The number of ether oxygens (including phenoxy) is 1. The summed E-state index contributed by atoms with van der Waals surface area (Å²) in [7, 11) is 0. The van der Waals surface area contributed by atoms with E-state index in [-0.39, 0.29) is 11.9 Å². The van der Waals surface area contributed by atoms with Crippen molar-refractivity contribution < 1.29 is 13.9 Å². The van der Waals surface area contributed by atoms with Crippen molar-refractivity contribution in [3.8, 4) is 11.4 Å². The van der Waals surface area contributed by atoms with E-state index < -0.39 is 11.2 Å². The van der Waals surface area contributed by atoms with Gasteiger partial charge in [0.25, 0.3) is 0 Å². The fourth-order valence-electron chi connectivity index (χ4n) is 2.56. The predicted octanol–water partition coefficient (Wildman–Crippen LogP) is 2.23. The monoisotopic (exact) mass is 350 g/mol. The first-order chi connectivity index (χ1) is 11.5. The molecular formula is C16H19FN4O2S. The first kappa shape index (κ1) is 16.9. The van der Waals surface area contributed by atoms with Crippen molar-refractivity contribution in [3.05, 3.63) is 30.1 Å². The fraction of sp³-hybridized carbons (Fsp3) is 0.438. The maximum atomic E-state index is 13.2. The Morgan fingerprint density at radius 2 is 2.21 bits per heavy atom.